The van der Waals surface area contributed by atoms with Crippen LogP contribution in [0.3, 0.4) is 0 Å². The van der Waals surface area contributed by atoms with Crippen LogP contribution in [0.1, 0.15) is 64.8 Å². The van der Waals surface area contributed by atoms with E-state index in [1.165, 1.54) is 12.0 Å². The Balaban J connectivity index is 0.00000210. The normalized spacial score (nSPS) is 24.5. The van der Waals surface area contributed by atoms with Crippen LogP contribution in [-0.2, 0) is 4.79 Å². The molecule has 0 aliphatic heterocycles. The third-order valence-electron chi connectivity index (χ3n) is 5.70. The van der Waals surface area contributed by atoms with Crippen molar-refractivity contribution in [3.63, 3.8) is 0 Å². The first kappa shape index (κ1) is 23.0. The molecule has 2 aliphatic rings. The summed E-state index contributed by atoms with van der Waals surface area (Å²) in [5, 5.41) is 18.9. The van der Waals surface area contributed by atoms with Gasteiger partial charge in [0.05, 0.1) is 18.4 Å². The van der Waals surface area contributed by atoms with Gasteiger partial charge in [0.25, 0.3) is 0 Å². The first-order chi connectivity index (χ1) is 13.0. The Labute approximate surface area is 191 Å². The fourth-order valence-corrected chi connectivity index (χ4v) is 4.42. The van der Waals surface area contributed by atoms with E-state index in [2.05, 4.69) is 17.9 Å². The molecule has 3 rings (SSSR count). The van der Waals surface area contributed by atoms with Gasteiger partial charge in [0.15, 0.2) is 0 Å². The van der Waals surface area contributed by atoms with Gasteiger partial charge in [-0.2, -0.15) is 0 Å². The molecule has 0 amide bonds. The Morgan fingerprint density at radius 3 is 2.71 bits per heavy atom. The van der Waals surface area contributed by atoms with Crippen molar-refractivity contribution in [1.82, 2.24) is 0 Å². The minimum absolute atomic E-state index is 0. The molecule has 146 valence electrons. The van der Waals surface area contributed by atoms with Crippen molar-refractivity contribution in [2.45, 2.75) is 63.9 Å². The van der Waals surface area contributed by atoms with Crippen molar-refractivity contribution in [2.24, 2.45) is 5.41 Å². The molecule has 0 radical (unpaired) electrons. The van der Waals surface area contributed by atoms with Crippen molar-refractivity contribution in [1.29, 1.82) is 0 Å². The number of carboxylic acid groups (broad SMARTS) is 1. The van der Waals surface area contributed by atoms with Crippen LogP contribution in [0.4, 0.5) is 0 Å². The van der Waals surface area contributed by atoms with Crippen LogP contribution in [0.5, 0.6) is 5.75 Å². The monoisotopic (exact) mass is 392 g/mol. The maximum atomic E-state index is 11.0. The predicted octanol–water partition coefficient (Wildman–Crippen LogP) is 1.41. The van der Waals surface area contributed by atoms with E-state index < -0.39 is 5.97 Å². The van der Waals surface area contributed by atoms with E-state index in [1.54, 1.807) is 6.92 Å². The van der Waals surface area contributed by atoms with Gasteiger partial charge >= 0.3 is 35.5 Å². The van der Waals surface area contributed by atoms with Crippen LogP contribution in [0.15, 0.2) is 35.9 Å². The van der Waals surface area contributed by atoms with Crippen LogP contribution in [0, 0.1) is 17.3 Å². The van der Waals surface area contributed by atoms with Crippen LogP contribution in [0.25, 0.3) is 0 Å². The van der Waals surface area contributed by atoms with Crippen molar-refractivity contribution >= 4 is 5.97 Å². The second kappa shape index (κ2) is 10.5. The Kier molecular flexibility index (Phi) is 8.64. The number of hydrogen-bond acceptors (Lipinski definition) is 3. The molecular weight excluding hydrogens is 363 g/mol. The van der Waals surface area contributed by atoms with Gasteiger partial charge in [-0.25, -0.2) is 0 Å². The Morgan fingerprint density at radius 2 is 2.11 bits per heavy atom. The summed E-state index contributed by atoms with van der Waals surface area (Å²) in [6, 6.07) is 7.58. The number of hydrogen-bond donors (Lipinski definition) is 2. The van der Waals surface area contributed by atoms with E-state index in [9.17, 15) is 9.90 Å². The maximum absolute atomic E-state index is 11.0. The van der Waals surface area contributed by atoms with Gasteiger partial charge in [-0.15, -0.1) is 5.92 Å². The largest absolute Gasteiger partial charge is 1.00 e. The quantitative estimate of drug-likeness (QED) is 0.436. The third-order valence-corrected chi connectivity index (χ3v) is 5.70. The van der Waals surface area contributed by atoms with Gasteiger partial charge < -0.3 is 16.4 Å². The summed E-state index contributed by atoms with van der Waals surface area (Å²) < 4.78 is 5.97. The van der Waals surface area contributed by atoms with Crippen LogP contribution in [0.2, 0.25) is 0 Å². The molecular formula is C23H29NaO4. The summed E-state index contributed by atoms with van der Waals surface area (Å²) in [4.78, 5) is 11.0. The number of aliphatic carboxylic acids is 1. The molecule has 0 aromatic heterocycles. The number of aliphatic hydroxyl groups is 1. The summed E-state index contributed by atoms with van der Waals surface area (Å²) in [6.07, 6.45) is 8.47. The van der Waals surface area contributed by atoms with Crippen molar-refractivity contribution in [3.8, 4) is 17.6 Å². The third kappa shape index (κ3) is 6.12. The number of carbonyl (C=O) groups is 1. The molecule has 0 bridgehead atoms. The Bertz CT molecular complexity index is 765. The molecule has 1 spiro atoms. The first-order valence-corrected chi connectivity index (χ1v) is 9.75. The van der Waals surface area contributed by atoms with E-state index in [0.29, 0.717) is 6.61 Å². The molecule has 1 aromatic carbocycles. The van der Waals surface area contributed by atoms with Gasteiger partial charge in [0, 0.05) is 0 Å². The Hall–Kier alpha value is -1.25. The summed E-state index contributed by atoms with van der Waals surface area (Å²) in [7, 11) is 0. The number of carboxylic acids is 1. The maximum Gasteiger partial charge on any atom is 1.00 e. The standard InChI is InChI=1S/C23H28O4.Na.H/c1-2-4-19(13-22(25)26)18-6-8-21(9-7-18)27-16-17-5-3-11-23(14-17)12-10-20(24)15-23;;/h6-9,14,19-20,24H,3,5,10-13,15-16H2,1H3,(H,25,26);;/q;+1;-1/t19-,20+,23+;;/m0../s1. The van der Waals surface area contributed by atoms with Gasteiger partial charge in [0.2, 0.25) is 0 Å². The van der Waals surface area contributed by atoms with Crippen LogP contribution in [-0.4, -0.2) is 28.9 Å². The molecule has 1 saturated carbocycles. The first-order valence-electron chi connectivity index (χ1n) is 9.75. The molecule has 4 nitrogen and oxygen atoms in total. The summed E-state index contributed by atoms with van der Waals surface area (Å²) >= 11 is 0. The predicted molar refractivity (Wildman–Crippen MR) is 106 cm³/mol. The van der Waals surface area contributed by atoms with Crippen molar-refractivity contribution in [3.05, 3.63) is 41.5 Å². The SMILES string of the molecule is CC#C[C@@H](CC(=O)O)c1ccc(OCC2=C[C@@]3(CCC2)CC[C@@H](O)C3)cc1.[H-].[Na+]. The van der Waals surface area contributed by atoms with E-state index in [1.807, 2.05) is 24.3 Å². The minimum Gasteiger partial charge on any atom is -1.00 e. The number of allylic oxidation sites excluding steroid dienone is 1. The minimum atomic E-state index is -0.849. The molecule has 0 heterocycles. The number of ether oxygens (including phenoxy) is 1. The van der Waals surface area contributed by atoms with E-state index in [0.717, 1.165) is 43.4 Å². The Morgan fingerprint density at radius 1 is 1.36 bits per heavy atom. The number of rotatable bonds is 6. The van der Waals surface area contributed by atoms with Crippen LogP contribution >= 0.6 is 0 Å². The zero-order valence-corrected chi connectivity index (χ0v) is 18.9. The van der Waals surface area contributed by atoms with Crippen molar-refractivity contribution in [2.75, 3.05) is 6.61 Å². The average Bonchev–Trinajstić information content (AvgIpc) is 2.99. The van der Waals surface area contributed by atoms with Gasteiger partial charge in [0.1, 0.15) is 12.4 Å². The van der Waals surface area contributed by atoms with Crippen LogP contribution < -0.4 is 34.3 Å². The summed E-state index contributed by atoms with van der Waals surface area (Å²) in [5.74, 6) is 5.41. The zero-order valence-electron chi connectivity index (χ0n) is 17.9. The molecule has 1 aromatic rings. The number of benzene rings is 1. The molecule has 28 heavy (non-hydrogen) atoms. The molecule has 0 saturated heterocycles. The summed E-state index contributed by atoms with van der Waals surface area (Å²) in [6.45, 7) is 2.30. The fourth-order valence-electron chi connectivity index (χ4n) is 4.42. The molecule has 1 fully saturated rings. The molecule has 3 atom stereocenters. The fraction of sp³-hybridized carbons (Fsp3) is 0.522. The zero-order chi connectivity index (χ0) is 19.3. The molecule has 0 unspecified atom stereocenters. The van der Waals surface area contributed by atoms with Crippen molar-refractivity contribution < 1.29 is 50.7 Å². The average molecular weight is 392 g/mol. The van der Waals surface area contributed by atoms with Gasteiger partial charge in [-0.3, -0.25) is 4.79 Å². The smallest absolute Gasteiger partial charge is 1.00 e. The van der Waals surface area contributed by atoms with E-state index in [4.69, 9.17) is 9.84 Å². The molecule has 2 N–H and O–H groups in total. The second-order valence-corrected chi connectivity index (χ2v) is 7.82. The van der Waals surface area contributed by atoms with Gasteiger partial charge in [-0.05, 0) is 74.1 Å². The summed E-state index contributed by atoms with van der Waals surface area (Å²) in [5.41, 5.74) is 2.40. The van der Waals surface area contributed by atoms with E-state index >= 15 is 0 Å². The molecule has 2 aliphatic carbocycles. The van der Waals surface area contributed by atoms with E-state index in [-0.39, 0.29) is 54.8 Å². The second-order valence-electron chi connectivity index (χ2n) is 7.82. The topological polar surface area (TPSA) is 66.8 Å². The number of aliphatic hydroxyl groups excluding tert-OH is 1. The van der Waals surface area contributed by atoms with Gasteiger partial charge in [-0.1, -0.05) is 24.1 Å². The molecule has 5 heteroatoms.